The summed E-state index contributed by atoms with van der Waals surface area (Å²) in [5.41, 5.74) is 0. The Balaban J connectivity index is 3.83. The molecule has 0 aromatic carbocycles. The highest BCUT2D eigenvalue weighted by Gasteiger charge is 2.16. The SMILES string of the molecule is [C]#CC(C)(SC)SC. The number of hydrogen-bond acceptors (Lipinski definition) is 2. The van der Waals surface area contributed by atoms with Crippen LogP contribution in [0.1, 0.15) is 6.92 Å². The highest BCUT2D eigenvalue weighted by atomic mass is 32.2. The van der Waals surface area contributed by atoms with Gasteiger partial charge >= 0.3 is 0 Å². The third-order valence-electron chi connectivity index (χ3n) is 1.01. The van der Waals surface area contributed by atoms with E-state index in [1.54, 1.807) is 23.5 Å². The third kappa shape index (κ3) is 2.02. The Bertz CT molecular complexity index is 97.6. The molecule has 0 unspecified atom stereocenters. The zero-order valence-electron chi connectivity index (χ0n) is 5.32. The first kappa shape index (κ1) is 8.26. The lowest BCUT2D eigenvalue weighted by atomic mass is 10.5. The molecule has 1 radical (unpaired) electrons. The quantitative estimate of drug-likeness (QED) is 0.430. The van der Waals surface area contributed by atoms with Crippen LogP contribution in [0.25, 0.3) is 0 Å². The van der Waals surface area contributed by atoms with E-state index in [-0.39, 0.29) is 4.08 Å². The van der Waals surface area contributed by atoms with Crippen molar-refractivity contribution in [3.8, 4) is 5.92 Å². The Morgan fingerprint density at radius 3 is 1.75 bits per heavy atom. The van der Waals surface area contributed by atoms with Crippen molar-refractivity contribution in [3.05, 3.63) is 6.42 Å². The van der Waals surface area contributed by atoms with Gasteiger partial charge in [0.1, 0.15) is 4.08 Å². The Labute approximate surface area is 59.8 Å². The van der Waals surface area contributed by atoms with E-state index in [0.29, 0.717) is 0 Å². The zero-order chi connectivity index (χ0) is 6.62. The summed E-state index contributed by atoms with van der Waals surface area (Å²) in [5, 5.41) is 0. The molecule has 0 nitrogen and oxygen atoms in total. The largest absolute Gasteiger partial charge is 0.135 e. The van der Waals surface area contributed by atoms with Gasteiger partial charge in [0.2, 0.25) is 0 Å². The van der Waals surface area contributed by atoms with Crippen LogP contribution in [-0.4, -0.2) is 16.6 Å². The summed E-state index contributed by atoms with van der Waals surface area (Å²) in [7, 11) is 0. The Hall–Kier alpha value is 0.260. The molecule has 0 heterocycles. The topological polar surface area (TPSA) is 0 Å². The van der Waals surface area contributed by atoms with Gasteiger partial charge in [0.25, 0.3) is 0 Å². The van der Waals surface area contributed by atoms with Crippen molar-refractivity contribution < 1.29 is 0 Å². The third-order valence-corrected chi connectivity index (χ3v) is 3.77. The molecule has 0 saturated carbocycles. The summed E-state index contributed by atoms with van der Waals surface area (Å²) < 4.78 is -0.125. The second-order valence-electron chi connectivity index (χ2n) is 1.48. The first-order valence-corrected chi connectivity index (χ1v) is 4.67. The van der Waals surface area contributed by atoms with Gasteiger partial charge in [-0.05, 0) is 25.9 Å². The van der Waals surface area contributed by atoms with Crippen molar-refractivity contribution in [1.29, 1.82) is 0 Å². The molecule has 0 fully saturated rings. The number of rotatable bonds is 2. The molecule has 0 aliphatic heterocycles. The van der Waals surface area contributed by atoms with E-state index in [0.717, 1.165) is 0 Å². The molecule has 0 saturated heterocycles. The van der Waals surface area contributed by atoms with Gasteiger partial charge in [-0.25, -0.2) is 0 Å². The smallest absolute Gasteiger partial charge is 0.119 e. The summed E-state index contributed by atoms with van der Waals surface area (Å²) >= 11 is 3.27. The van der Waals surface area contributed by atoms with E-state index < -0.39 is 0 Å². The average molecular weight is 145 g/mol. The molecule has 0 bridgehead atoms. The minimum absolute atomic E-state index is 0.125. The molecule has 0 aliphatic rings. The Morgan fingerprint density at radius 2 is 1.75 bits per heavy atom. The van der Waals surface area contributed by atoms with Gasteiger partial charge in [-0.2, -0.15) is 0 Å². The van der Waals surface area contributed by atoms with Crippen molar-refractivity contribution in [2.45, 2.75) is 11.0 Å². The maximum absolute atomic E-state index is 6.86. The molecular formula is C6H9S2. The van der Waals surface area contributed by atoms with Gasteiger partial charge in [0, 0.05) is 0 Å². The summed E-state index contributed by atoms with van der Waals surface area (Å²) in [6, 6.07) is 0. The van der Waals surface area contributed by atoms with Gasteiger partial charge in [0.05, 0.1) is 0 Å². The maximum Gasteiger partial charge on any atom is 0.119 e. The minimum Gasteiger partial charge on any atom is -0.135 e. The predicted molar refractivity (Wildman–Crippen MR) is 42.6 cm³/mol. The Morgan fingerprint density at radius 1 is 1.38 bits per heavy atom. The van der Waals surface area contributed by atoms with Crippen molar-refractivity contribution in [3.63, 3.8) is 0 Å². The lowest BCUT2D eigenvalue weighted by Gasteiger charge is -2.15. The predicted octanol–water partition coefficient (Wildman–Crippen LogP) is 2.02. The highest BCUT2D eigenvalue weighted by Crippen LogP contribution is 2.31. The van der Waals surface area contributed by atoms with E-state index >= 15 is 0 Å². The van der Waals surface area contributed by atoms with Crippen molar-refractivity contribution in [2.75, 3.05) is 12.5 Å². The van der Waals surface area contributed by atoms with Crippen molar-refractivity contribution in [2.24, 2.45) is 0 Å². The van der Waals surface area contributed by atoms with Crippen LogP contribution in [0.5, 0.6) is 0 Å². The molecule has 0 aromatic heterocycles. The monoisotopic (exact) mass is 145 g/mol. The second-order valence-corrected chi connectivity index (χ2v) is 4.19. The fourth-order valence-electron chi connectivity index (χ4n) is 0.185. The standard InChI is InChI=1S/C6H9S2/c1-5-6(2,7-3)8-4/h2-4H3. The van der Waals surface area contributed by atoms with Crippen LogP contribution in [0.2, 0.25) is 0 Å². The van der Waals surface area contributed by atoms with Crippen molar-refractivity contribution in [1.82, 2.24) is 0 Å². The number of hydrogen-bond donors (Lipinski definition) is 0. The van der Waals surface area contributed by atoms with Crippen LogP contribution in [0.3, 0.4) is 0 Å². The minimum atomic E-state index is -0.125. The van der Waals surface area contributed by atoms with E-state index in [1.165, 1.54) is 0 Å². The van der Waals surface area contributed by atoms with E-state index in [2.05, 4.69) is 5.92 Å². The molecule has 8 heavy (non-hydrogen) atoms. The van der Waals surface area contributed by atoms with Gasteiger partial charge in [0.15, 0.2) is 0 Å². The second kappa shape index (κ2) is 3.32. The summed E-state index contributed by atoms with van der Waals surface area (Å²) in [4.78, 5) is 0. The molecule has 0 aliphatic carbocycles. The number of thioether (sulfide) groups is 2. The zero-order valence-corrected chi connectivity index (χ0v) is 6.95. The lowest BCUT2D eigenvalue weighted by molar-refractivity contribution is 1.21. The van der Waals surface area contributed by atoms with E-state index in [9.17, 15) is 0 Å². The molecule has 45 valence electrons. The van der Waals surface area contributed by atoms with Crippen LogP contribution in [-0.2, 0) is 0 Å². The van der Waals surface area contributed by atoms with Crippen LogP contribution >= 0.6 is 23.5 Å². The lowest BCUT2D eigenvalue weighted by Crippen LogP contribution is -2.08. The van der Waals surface area contributed by atoms with E-state index in [4.69, 9.17) is 6.42 Å². The first-order chi connectivity index (χ1) is 3.68. The highest BCUT2D eigenvalue weighted by molar-refractivity contribution is 8.17. The van der Waals surface area contributed by atoms with Gasteiger partial charge in [-0.15, -0.1) is 23.5 Å². The summed E-state index contributed by atoms with van der Waals surface area (Å²) in [5.74, 6) is 2.45. The molecule has 0 rings (SSSR count). The fraction of sp³-hybridized carbons (Fsp3) is 0.667. The van der Waals surface area contributed by atoms with Gasteiger partial charge in [-0.3, -0.25) is 0 Å². The van der Waals surface area contributed by atoms with Gasteiger partial charge < -0.3 is 0 Å². The molecule has 0 N–H and O–H groups in total. The van der Waals surface area contributed by atoms with Crippen LogP contribution in [0.15, 0.2) is 0 Å². The molecule has 0 amide bonds. The van der Waals surface area contributed by atoms with Gasteiger partial charge in [-0.1, -0.05) is 5.92 Å². The average Bonchev–Trinajstić information content (AvgIpc) is 1.87. The summed E-state index contributed by atoms with van der Waals surface area (Å²) in [6.07, 6.45) is 10.8. The normalized spacial score (nSPS) is 10.8. The molecular weight excluding hydrogens is 136 g/mol. The Kier molecular flexibility index (Phi) is 3.43. The van der Waals surface area contributed by atoms with Crippen LogP contribution in [0, 0.1) is 12.3 Å². The molecule has 0 atom stereocenters. The first-order valence-electron chi connectivity index (χ1n) is 2.22. The fourth-order valence-corrected chi connectivity index (χ4v) is 1.06. The molecule has 2 heteroatoms. The molecule has 0 aromatic rings. The maximum atomic E-state index is 6.86. The summed E-state index contributed by atoms with van der Waals surface area (Å²) in [6.45, 7) is 1.98. The molecule has 0 spiro atoms. The van der Waals surface area contributed by atoms with Crippen molar-refractivity contribution >= 4 is 23.5 Å². The van der Waals surface area contributed by atoms with E-state index in [1.807, 2.05) is 19.4 Å². The van der Waals surface area contributed by atoms with Crippen LogP contribution < -0.4 is 0 Å². The van der Waals surface area contributed by atoms with Crippen LogP contribution in [0.4, 0.5) is 0 Å².